The molecule has 0 bridgehead atoms. The van der Waals surface area contributed by atoms with Crippen LogP contribution in [0.4, 0.5) is 0 Å². The van der Waals surface area contributed by atoms with Gasteiger partial charge in [0.25, 0.3) is 0 Å². The monoisotopic (exact) mass is 325 g/mol. The summed E-state index contributed by atoms with van der Waals surface area (Å²) in [4.78, 5) is 2.00. The Morgan fingerprint density at radius 3 is 2.84 bits per heavy atom. The van der Waals surface area contributed by atoms with E-state index in [0.29, 0.717) is 6.54 Å². The number of hydrogen-bond acceptors (Lipinski definition) is 5. The van der Waals surface area contributed by atoms with E-state index < -0.39 is 0 Å². The lowest BCUT2D eigenvalue weighted by Crippen LogP contribution is -2.32. The normalized spacial score (nSPS) is 12.9. The van der Waals surface area contributed by atoms with Crippen molar-refractivity contribution in [3.63, 3.8) is 0 Å². The summed E-state index contributed by atoms with van der Waals surface area (Å²) in [7, 11) is 1.93. The largest absolute Gasteiger partial charge is 0.395 e. The van der Waals surface area contributed by atoms with Gasteiger partial charge < -0.3 is 5.11 Å². The molecule has 2 rings (SSSR count). The molecule has 0 aliphatic carbocycles. The number of rotatable bonds is 5. The van der Waals surface area contributed by atoms with E-state index in [1.54, 1.807) is 4.68 Å². The Bertz CT molecular complexity index is 544. The molecule has 6 nitrogen and oxygen atoms in total. The molecule has 0 aliphatic heterocycles. The van der Waals surface area contributed by atoms with Crippen molar-refractivity contribution in [1.82, 2.24) is 25.1 Å². The van der Waals surface area contributed by atoms with Gasteiger partial charge in [0, 0.05) is 10.5 Å². The average molecular weight is 326 g/mol. The molecule has 19 heavy (non-hydrogen) atoms. The quantitative estimate of drug-likeness (QED) is 0.895. The van der Waals surface area contributed by atoms with Gasteiger partial charge in [0.1, 0.15) is 0 Å². The minimum Gasteiger partial charge on any atom is -0.395 e. The van der Waals surface area contributed by atoms with Crippen molar-refractivity contribution in [3.05, 3.63) is 34.6 Å². The fourth-order valence-electron chi connectivity index (χ4n) is 1.63. The molecular formula is C12H16BrN5O. The first kappa shape index (κ1) is 14.1. The van der Waals surface area contributed by atoms with Crippen LogP contribution < -0.4 is 0 Å². The van der Waals surface area contributed by atoms with Crippen LogP contribution in [0, 0.1) is 0 Å². The van der Waals surface area contributed by atoms with E-state index in [1.165, 1.54) is 0 Å². The van der Waals surface area contributed by atoms with E-state index in [0.717, 1.165) is 16.0 Å². The lowest BCUT2D eigenvalue weighted by atomic mass is 10.3. The van der Waals surface area contributed by atoms with Gasteiger partial charge in [-0.05, 0) is 52.5 Å². The van der Waals surface area contributed by atoms with Crippen molar-refractivity contribution in [3.8, 4) is 5.69 Å². The Hall–Kier alpha value is -1.31. The summed E-state index contributed by atoms with van der Waals surface area (Å²) in [5.74, 6) is 0.731. The minimum atomic E-state index is 0.0596. The van der Waals surface area contributed by atoms with Crippen molar-refractivity contribution >= 4 is 15.9 Å². The highest BCUT2D eigenvalue weighted by Crippen LogP contribution is 2.20. The molecule has 0 spiro atoms. The second kappa shape index (κ2) is 6.23. The first-order valence-electron chi connectivity index (χ1n) is 5.96. The number of para-hydroxylation sites is 1. The van der Waals surface area contributed by atoms with Crippen molar-refractivity contribution in [1.29, 1.82) is 0 Å². The Morgan fingerprint density at radius 1 is 1.42 bits per heavy atom. The number of halogens is 1. The molecule has 2 aromatic rings. The van der Waals surface area contributed by atoms with Crippen molar-refractivity contribution in [2.24, 2.45) is 0 Å². The lowest BCUT2D eigenvalue weighted by Gasteiger charge is -2.21. The number of aliphatic hydroxyl groups excluding tert-OH is 1. The molecule has 1 aromatic heterocycles. The van der Waals surface area contributed by atoms with Crippen LogP contribution in [-0.2, 0) is 6.54 Å². The zero-order valence-electron chi connectivity index (χ0n) is 10.9. The molecule has 1 heterocycles. The van der Waals surface area contributed by atoms with Gasteiger partial charge in [0.05, 0.1) is 18.8 Å². The van der Waals surface area contributed by atoms with Gasteiger partial charge in [-0.1, -0.05) is 12.1 Å². The van der Waals surface area contributed by atoms with Crippen LogP contribution >= 0.6 is 15.9 Å². The number of likely N-dealkylation sites (N-methyl/N-ethyl adjacent to an activating group) is 1. The first-order chi connectivity index (χ1) is 9.13. The van der Waals surface area contributed by atoms with E-state index >= 15 is 0 Å². The van der Waals surface area contributed by atoms with Gasteiger partial charge in [-0.15, -0.1) is 5.10 Å². The maximum Gasteiger partial charge on any atom is 0.170 e. The van der Waals surface area contributed by atoms with E-state index in [2.05, 4.69) is 31.5 Å². The zero-order valence-corrected chi connectivity index (χ0v) is 12.4. The van der Waals surface area contributed by atoms with Crippen LogP contribution in [0.1, 0.15) is 12.7 Å². The molecule has 0 saturated carbocycles. The van der Waals surface area contributed by atoms with Crippen LogP contribution in [0.15, 0.2) is 28.7 Å². The van der Waals surface area contributed by atoms with E-state index in [9.17, 15) is 0 Å². The molecule has 102 valence electrons. The second-order valence-corrected chi connectivity index (χ2v) is 5.26. The minimum absolute atomic E-state index is 0.0596. The number of aromatic nitrogens is 4. The maximum atomic E-state index is 9.16. The molecule has 1 N–H and O–H groups in total. The molecule has 7 heteroatoms. The summed E-state index contributed by atoms with van der Waals surface area (Å²) in [5.41, 5.74) is 0.896. The Kier molecular flexibility index (Phi) is 4.62. The summed E-state index contributed by atoms with van der Waals surface area (Å²) in [6.45, 7) is 2.62. The Balaban J connectivity index is 2.26. The van der Waals surface area contributed by atoms with Crippen LogP contribution in [-0.4, -0.2) is 49.9 Å². The standard InChI is InChI=1S/C12H16BrN5O/c1-9(8-19)17(2)7-12-14-15-16-18(12)11-6-4-3-5-10(11)13/h3-6,9,19H,7-8H2,1-2H3. The third-order valence-corrected chi connectivity index (χ3v) is 3.69. The molecule has 1 aromatic carbocycles. The lowest BCUT2D eigenvalue weighted by molar-refractivity contribution is 0.151. The average Bonchev–Trinajstić information content (AvgIpc) is 2.86. The summed E-state index contributed by atoms with van der Waals surface area (Å²) >= 11 is 3.49. The molecular weight excluding hydrogens is 310 g/mol. The highest BCUT2D eigenvalue weighted by atomic mass is 79.9. The fraction of sp³-hybridized carbons (Fsp3) is 0.417. The van der Waals surface area contributed by atoms with Crippen LogP contribution in [0.2, 0.25) is 0 Å². The number of hydrogen-bond donors (Lipinski definition) is 1. The van der Waals surface area contributed by atoms with Crippen molar-refractivity contribution < 1.29 is 5.11 Å². The van der Waals surface area contributed by atoms with Crippen molar-refractivity contribution in [2.45, 2.75) is 19.5 Å². The number of benzene rings is 1. The van der Waals surface area contributed by atoms with Crippen LogP contribution in [0.3, 0.4) is 0 Å². The Labute approximate surface area is 120 Å². The molecule has 1 atom stereocenters. The van der Waals surface area contributed by atoms with Gasteiger partial charge in [-0.3, -0.25) is 4.90 Å². The molecule has 0 aliphatic rings. The number of tetrazole rings is 1. The summed E-state index contributed by atoms with van der Waals surface area (Å²) in [5, 5.41) is 21.0. The molecule has 0 radical (unpaired) electrons. The van der Waals surface area contributed by atoms with Crippen LogP contribution in [0.25, 0.3) is 5.69 Å². The highest BCUT2D eigenvalue weighted by Gasteiger charge is 2.15. The van der Waals surface area contributed by atoms with Gasteiger partial charge in [-0.25, -0.2) is 0 Å². The Morgan fingerprint density at radius 2 is 2.16 bits per heavy atom. The van der Waals surface area contributed by atoms with E-state index in [4.69, 9.17) is 5.11 Å². The van der Waals surface area contributed by atoms with Crippen molar-refractivity contribution in [2.75, 3.05) is 13.7 Å². The van der Waals surface area contributed by atoms with Gasteiger partial charge in [-0.2, -0.15) is 4.68 Å². The molecule has 0 amide bonds. The summed E-state index contributed by atoms with van der Waals surface area (Å²) in [6, 6.07) is 7.83. The number of aliphatic hydroxyl groups is 1. The van der Waals surface area contributed by atoms with Gasteiger partial charge >= 0.3 is 0 Å². The molecule has 0 saturated heterocycles. The predicted molar refractivity (Wildman–Crippen MR) is 74.9 cm³/mol. The smallest absolute Gasteiger partial charge is 0.170 e. The fourth-order valence-corrected chi connectivity index (χ4v) is 2.09. The first-order valence-corrected chi connectivity index (χ1v) is 6.76. The van der Waals surface area contributed by atoms with E-state index in [-0.39, 0.29) is 12.6 Å². The number of nitrogens with zero attached hydrogens (tertiary/aromatic N) is 5. The summed E-state index contributed by atoms with van der Waals surface area (Å²) in [6.07, 6.45) is 0. The van der Waals surface area contributed by atoms with Crippen LogP contribution in [0.5, 0.6) is 0 Å². The van der Waals surface area contributed by atoms with Gasteiger partial charge in [0.15, 0.2) is 5.82 Å². The zero-order chi connectivity index (χ0) is 13.8. The third-order valence-electron chi connectivity index (χ3n) is 3.02. The highest BCUT2D eigenvalue weighted by molar-refractivity contribution is 9.10. The van der Waals surface area contributed by atoms with Gasteiger partial charge in [0.2, 0.25) is 0 Å². The second-order valence-electron chi connectivity index (χ2n) is 4.41. The SMILES string of the molecule is CC(CO)N(C)Cc1nnnn1-c1ccccc1Br. The topological polar surface area (TPSA) is 67.1 Å². The van der Waals surface area contributed by atoms with E-state index in [1.807, 2.05) is 43.1 Å². The molecule has 1 unspecified atom stereocenters. The third kappa shape index (κ3) is 3.17. The molecule has 0 fully saturated rings. The maximum absolute atomic E-state index is 9.16. The summed E-state index contributed by atoms with van der Waals surface area (Å²) < 4.78 is 2.63. The predicted octanol–water partition coefficient (Wildman–Crippen LogP) is 1.24.